The van der Waals surface area contributed by atoms with E-state index in [0.29, 0.717) is 0 Å². The Bertz CT molecular complexity index is 734. The molecule has 166 valence electrons. The monoisotopic (exact) mass is 412 g/mol. The Labute approximate surface area is 182 Å². The Morgan fingerprint density at radius 3 is 2.07 bits per heavy atom. The number of hydrogen-bond donors (Lipinski definition) is 0. The summed E-state index contributed by atoms with van der Waals surface area (Å²) >= 11 is 0. The molecule has 0 spiro atoms. The van der Waals surface area contributed by atoms with Gasteiger partial charge in [-0.05, 0) is 24.0 Å². The van der Waals surface area contributed by atoms with Gasteiger partial charge in [0.2, 0.25) is 0 Å². The molecule has 1 aromatic carbocycles. The molecule has 0 radical (unpaired) electrons. The second-order valence-electron chi connectivity index (χ2n) is 8.45. The summed E-state index contributed by atoms with van der Waals surface area (Å²) < 4.78 is 4.73. The third kappa shape index (κ3) is 8.33. The van der Waals surface area contributed by atoms with Crippen molar-refractivity contribution in [1.29, 1.82) is 0 Å². The summed E-state index contributed by atoms with van der Waals surface area (Å²) in [6.07, 6.45) is 20.0. The van der Waals surface area contributed by atoms with E-state index in [0.717, 1.165) is 25.1 Å². The highest BCUT2D eigenvalue weighted by molar-refractivity contribution is 5.85. The Hall–Kier alpha value is -2.10. The molecule has 0 N–H and O–H groups in total. The van der Waals surface area contributed by atoms with E-state index in [1.165, 1.54) is 76.5 Å². The molecule has 0 saturated heterocycles. The number of carboxylic acid groups (broad SMARTS) is 1. The SMILES string of the molecule is CCCCCCCCCCCc1n(CCCC)cc[n+]1Cc1ccc(C(=O)[O-])cc1. The van der Waals surface area contributed by atoms with Crippen LogP contribution in [0.2, 0.25) is 0 Å². The van der Waals surface area contributed by atoms with Crippen LogP contribution in [0, 0.1) is 0 Å². The number of aryl methyl sites for hydroxylation is 1. The number of aromatic carboxylic acids is 1. The molecule has 1 heterocycles. The van der Waals surface area contributed by atoms with Gasteiger partial charge in [-0.2, -0.15) is 0 Å². The first kappa shape index (κ1) is 24.2. The van der Waals surface area contributed by atoms with Crippen LogP contribution in [-0.4, -0.2) is 10.5 Å². The molecule has 0 unspecified atom stereocenters. The van der Waals surface area contributed by atoms with Crippen LogP contribution in [0.5, 0.6) is 0 Å². The molecular formula is C26H40N2O2. The van der Waals surface area contributed by atoms with Crippen molar-refractivity contribution < 1.29 is 14.5 Å². The van der Waals surface area contributed by atoms with E-state index in [1.807, 2.05) is 12.1 Å². The summed E-state index contributed by atoms with van der Waals surface area (Å²) in [4.78, 5) is 11.0. The average molecular weight is 413 g/mol. The fraction of sp³-hybridized carbons (Fsp3) is 0.615. The summed E-state index contributed by atoms with van der Waals surface area (Å²) in [5.41, 5.74) is 1.35. The molecule has 4 heteroatoms. The number of carbonyl (C=O) groups excluding carboxylic acids is 1. The fourth-order valence-corrected chi connectivity index (χ4v) is 4.00. The number of carbonyl (C=O) groups is 1. The smallest absolute Gasteiger partial charge is 0.256 e. The molecule has 1 aromatic heterocycles. The van der Waals surface area contributed by atoms with Gasteiger partial charge in [-0.3, -0.25) is 0 Å². The first-order chi connectivity index (χ1) is 14.7. The summed E-state index contributed by atoms with van der Waals surface area (Å²) in [5.74, 6) is 0.265. The molecule has 2 rings (SSSR count). The van der Waals surface area contributed by atoms with E-state index in [1.54, 1.807) is 12.1 Å². The summed E-state index contributed by atoms with van der Waals surface area (Å²) in [5, 5.41) is 11.0. The molecule has 0 aliphatic heterocycles. The number of benzene rings is 1. The quantitative estimate of drug-likeness (QED) is 0.286. The zero-order valence-corrected chi connectivity index (χ0v) is 19.1. The topological polar surface area (TPSA) is 48.9 Å². The van der Waals surface area contributed by atoms with Crippen LogP contribution in [0.3, 0.4) is 0 Å². The Morgan fingerprint density at radius 2 is 1.47 bits per heavy atom. The van der Waals surface area contributed by atoms with Gasteiger partial charge in [0.25, 0.3) is 5.82 Å². The van der Waals surface area contributed by atoms with Crippen LogP contribution < -0.4 is 9.67 Å². The summed E-state index contributed by atoms with van der Waals surface area (Å²) in [6, 6.07) is 7.06. The number of nitrogens with zero attached hydrogens (tertiary/aromatic N) is 2. The van der Waals surface area contributed by atoms with E-state index in [2.05, 4.69) is 35.4 Å². The van der Waals surface area contributed by atoms with Crippen molar-refractivity contribution in [2.24, 2.45) is 0 Å². The highest BCUT2D eigenvalue weighted by Gasteiger charge is 2.17. The fourth-order valence-electron chi connectivity index (χ4n) is 4.00. The molecule has 30 heavy (non-hydrogen) atoms. The van der Waals surface area contributed by atoms with E-state index in [9.17, 15) is 9.90 Å². The van der Waals surface area contributed by atoms with Gasteiger partial charge in [-0.15, -0.1) is 0 Å². The molecule has 0 amide bonds. The maximum Gasteiger partial charge on any atom is 0.256 e. The van der Waals surface area contributed by atoms with E-state index >= 15 is 0 Å². The second kappa shape index (κ2) is 14.0. The van der Waals surface area contributed by atoms with Crippen molar-refractivity contribution in [1.82, 2.24) is 4.57 Å². The van der Waals surface area contributed by atoms with Crippen molar-refractivity contribution in [3.8, 4) is 0 Å². The van der Waals surface area contributed by atoms with Crippen LogP contribution in [0.1, 0.15) is 106 Å². The molecule has 4 nitrogen and oxygen atoms in total. The molecule has 0 bridgehead atoms. The lowest BCUT2D eigenvalue weighted by atomic mass is 10.1. The van der Waals surface area contributed by atoms with E-state index in [-0.39, 0.29) is 5.56 Å². The number of hydrogen-bond acceptors (Lipinski definition) is 2. The van der Waals surface area contributed by atoms with Gasteiger partial charge in [-0.1, -0.05) is 95.9 Å². The van der Waals surface area contributed by atoms with Crippen molar-refractivity contribution in [2.75, 3.05) is 0 Å². The van der Waals surface area contributed by atoms with Gasteiger partial charge in [0.15, 0.2) is 0 Å². The van der Waals surface area contributed by atoms with Gasteiger partial charge < -0.3 is 9.90 Å². The lowest BCUT2D eigenvalue weighted by molar-refractivity contribution is -0.695. The number of carboxylic acids is 1. The Kier molecular flexibility index (Phi) is 11.3. The zero-order valence-electron chi connectivity index (χ0n) is 19.1. The molecule has 0 aliphatic rings. The maximum absolute atomic E-state index is 11.0. The number of rotatable bonds is 16. The van der Waals surface area contributed by atoms with Crippen LogP contribution >= 0.6 is 0 Å². The van der Waals surface area contributed by atoms with Crippen molar-refractivity contribution >= 4 is 5.97 Å². The minimum absolute atomic E-state index is 0.235. The first-order valence-electron chi connectivity index (χ1n) is 12.0. The summed E-state index contributed by atoms with van der Waals surface area (Å²) in [6.45, 7) is 6.35. The van der Waals surface area contributed by atoms with Gasteiger partial charge >= 0.3 is 0 Å². The zero-order chi connectivity index (χ0) is 21.6. The van der Waals surface area contributed by atoms with Crippen LogP contribution in [-0.2, 0) is 19.5 Å². The van der Waals surface area contributed by atoms with Crippen molar-refractivity contribution in [2.45, 2.75) is 104 Å². The largest absolute Gasteiger partial charge is 0.545 e. The Morgan fingerprint density at radius 1 is 0.867 bits per heavy atom. The normalized spacial score (nSPS) is 11.1. The molecule has 0 saturated carbocycles. The highest BCUT2D eigenvalue weighted by Crippen LogP contribution is 2.12. The molecule has 0 atom stereocenters. The van der Waals surface area contributed by atoms with Crippen molar-refractivity contribution in [3.63, 3.8) is 0 Å². The molecule has 0 aliphatic carbocycles. The van der Waals surface area contributed by atoms with Gasteiger partial charge in [0, 0.05) is 6.42 Å². The minimum atomic E-state index is -1.12. The minimum Gasteiger partial charge on any atom is -0.545 e. The van der Waals surface area contributed by atoms with Gasteiger partial charge in [0.05, 0.1) is 12.5 Å². The summed E-state index contributed by atoms with van der Waals surface area (Å²) in [7, 11) is 0. The average Bonchev–Trinajstić information content (AvgIpc) is 3.12. The standard InChI is InChI=1S/C26H40N2O2/c1-3-5-7-8-9-10-11-12-13-14-25-27(19-6-4-2)20-21-28(25)22-23-15-17-24(18-16-23)26(29)30/h15-18,20-21H,3-14,19,22H2,1-2H3. The third-order valence-electron chi connectivity index (χ3n) is 5.89. The number of imidazole rings is 1. The second-order valence-corrected chi connectivity index (χ2v) is 8.45. The highest BCUT2D eigenvalue weighted by atomic mass is 16.4. The third-order valence-corrected chi connectivity index (χ3v) is 5.89. The van der Waals surface area contributed by atoms with Crippen LogP contribution in [0.4, 0.5) is 0 Å². The lowest BCUT2D eigenvalue weighted by Crippen LogP contribution is -2.38. The van der Waals surface area contributed by atoms with E-state index < -0.39 is 5.97 Å². The van der Waals surface area contributed by atoms with Gasteiger partial charge in [0.1, 0.15) is 18.9 Å². The predicted octanol–water partition coefficient (Wildman–Crippen LogP) is 5.06. The van der Waals surface area contributed by atoms with E-state index in [4.69, 9.17) is 0 Å². The van der Waals surface area contributed by atoms with Crippen LogP contribution in [0.15, 0.2) is 36.7 Å². The number of unbranched alkanes of at least 4 members (excludes halogenated alkanes) is 9. The van der Waals surface area contributed by atoms with Crippen LogP contribution in [0.25, 0.3) is 0 Å². The lowest BCUT2D eigenvalue weighted by Gasteiger charge is -2.07. The number of aromatic nitrogens is 2. The molecule has 2 aromatic rings. The molecule has 0 fully saturated rings. The van der Waals surface area contributed by atoms with Gasteiger partial charge in [-0.25, -0.2) is 9.13 Å². The predicted molar refractivity (Wildman–Crippen MR) is 120 cm³/mol. The maximum atomic E-state index is 11.0. The van der Waals surface area contributed by atoms with Crippen molar-refractivity contribution in [3.05, 3.63) is 53.6 Å². The molecular weight excluding hydrogens is 372 g/mol. The first-order valence-corrected chi connectivity index (χ1v) is 12.0. The Balaban J connectivity index is 1.88.